The fraction of sp³-hybridized carbons (Fsp3) is 0.733. The third kappa shape index (κ3) is 3.59. The van der Waals surface area contributed by atoms with Crippen molar-refractivity contribution in [1.29, 1.82) is 0 Å². The van der Waals surface area contributed by atoms with Gasteiger partial charge in [0.05, 0.1) is 12.5 Å². The van der Waals surface area contributed by atoms with Crippen LogP contribution in [0.25, 0.3) is 0 Å². The standard InChI is InChI=1S/C15H26N2O/c1-3-5-15(6-8-16-9-7-15)13-17(2)11-14-4-10-18-12-14/h4,10,12,16H,3,5-9,11,13H2,1-2H3. The largest absolute Gasteiger partial charge is 0.472 e. The minimum absolute atomic E-state index is 0.526. The van der Waals surface area contributed by atoms with E-state index in [-0.39, 0.29) is 0 Å². The van der Waals surface area contributed by atoms with E-state index in [0.29, 0.717) is 5.41 Å². The highest BCUT2D eigenvalue weighted by molar-refractivity contribution is 5.05. The second-order valence-electron chi connectivity index (χ2n) is 5.80. The summed E-state index contributed by atoms with van der Waals surface area (Å²) in [7, 11) is 2.23. The molecule has 0 unspecified atom stereocenters. The average Bonchev–Trinajstić information content (AvgIpc) is 2.83. The van der Waals surface area contributed by atoms with Crippen LogP contribution in [0.15, 0.2) is 23.0 Å². The van der Waals surface area contributed by atoms with Crippen molar-refractivity contribution in [2.75, 3.05) is 26.7 Å². The molecule has 0 amide bonds. The molecule has 102 valence electrons. The van der Waals surface area contributed by atoms with E-state index in [4.69, 9.17) is 4.42 Å². The lowest BCUT2D eigenvalue weighted by Crippen LogP contribution is -2.43. The van der Waals surface area contributed by atoms with Crippen LogP contribution in [0.1, 0.15) is 38.2 Å². The minimum atomic E-state index is 0.526. The molecule has 1 aliphatic rings. The summed E-state index contributed by atoms with van der Waals surface area (Å²) in [6, 6.07) is 2.06. The van der Waals surface area contributed by atoms with Crippen LogP contribution in [0.5, 0.6) is 0 Å². The highest BCUT2D eigenvalue weighted by Gasteiger charge is 2.32. The monoisotopic (exact) mass is 250 g/mol. The molecule has 0 aromatic carbocycles. The van der Waals surface area contributed by atoms with Gasteiger partial charge in [-0.15, -0.1) is 0 Å². The number of hydrogen-bond donors (Lipinski definition) is 1. The summed E-state index contributed by atoms with van der Waals surface area (Å²) < 4.78 is 5.14. The molecule has 0 atom stereocenters. The Balaban J connectivity index is 1.91. The Kier molecular flexibility index (Phi) is 4.84. The lowest BCUT2D eigenvalue weighted by molar-refractivity contribution is 0.112. The van der Waals surface area contributed by atoms with Crippen molar-refractivity contribution in [2.45, 2.75) is 39.2 Å². The molecule has 1 N–H and O–H groups in total. The Labute approximate surface area is 111 Å². The van der Waals surface area contributed by atoms with Crippen molar-refractivity contribution < 1.29 is 4.42 Å². The Morgan fingerprint density at radius 1 is 1.39 bits per heavy atom. The summed E-state index contributed by atoms with van der Waals surface area (Å²) in [5.74, 6) is 0. The van der Waals surface area contributed by atoms with Gasteiger partial charge in [0.15, 0.2) is 0 Å². The molecule has 2 heterocycles. The SMILES string of the molecule is CCCC1(CN(C)Cc2ccoc2)CCNCC1. The van der Waals surface area contributed by atoms with E-state index >= 15 is 0 Å². The van der Waals surface area contributed by atoms with Gasteiger partial charge in [-0.2, -0.15) is 0 Å². The second kappa shape index (κ2) is 6.39. The van der Waals surface area contributed by atoms with Crippen molar-refractivity contribution in [3.8, 4) is 0 Å². The maximum Gasteiger partial charge on any atom is 0.0947 e. The maximum absolute atomic E-state index is 5.14. The van der Waals surface area contributed by atoms with Crippen LogP contribution in [0.4, 0.5) is 0 Å². The van der Waals surface area contributed by atoms with E-state index in [9.17, 15) is 0 Å². The Bertz CT molecular complexity index is 323. The van der Waals surface area contributed by atoms with Crippen LogP contribution in [-0.4, -0.2) is 31.6 Å². The fourth-order valence-electron chi connectivity index (χ4n) is 3.30. The van der Waals surface area contributed by atoms with Gasteiger partial charge in [-0.25, -0.2) is 0 Å². The minimum Gasteiger partial charge on any atom is -0.472 e. The van der Waals surface area contributed by atoms with Gasteiger partial charge < -0.3 is 14.6 Å². The molecule has 1 aromatic rings. The summed E-state index contributed by atoms with van der Waals surface area (Å²) in [4.78, 5) is 2.45. The molecule has 0 aliphatic carbocycles. The second-order valence-corrected chi connectivity index (χ2v) is 5.80. The van der Waals surface area contributed by atoms with Crippen LogP contribution in [0.2, 0.25) is 0 Å². The Morgan fingerprint density at radius 3 is 2.78 bits per heavy atom. The van der Waals surface area contributed by atoms with Crippen molar-refractivity contribution in [2.24, 2.45) is 5.41 Å². The first-order chi connectivity index (χ1) is 8.74. The average molecular weight is 250 g/mol. The van der Waals surface area contributed by atoms with E-state index in [0.717, 1.165) is 6.54 Å². The molecule has 3 heteroatoms. The van der Waals surface area contributed by atoms with Gasteiger partial charge in [0.25, 0.3) is 0 Å². The van der Waals surface area contributed by atoms with Crippen molar-refractivity contribution in [3.05, 3.63) is 24.2 Å². The normalized spacial score (nSPS) is 19.3. The molecule has 0 saturated carbocycles. The Morgan fingerprint density at radius 2 is 2.17 bits per heavy atom. The van der Waals surface area contributed by atoms with Gasteiger partial charge in [-0.05, 0) is 50.9 Å². The van der Waals surface area contributed by atoms with E-state index < -0.39 is 0 Å². The maximum atomic E-state index is 5.14. The first-order valence-electron chi connectivity index (χ1n) is 7.14. The molecule has 0 bridgehead atoms. The van der Waals surface area contributed by atoms with Crippen molar-refractivity contribution in [1.82, 2.24) is 10.2 Å². The molecule has 2 rings (SSSR count). The molecule has 1 aromatic heterocycles. The highest BCUT2D eigenvalue weighted by atomic mass is 16.3. The number of furan rings is 1. The van der Waals surface area contributed by atoms with Crippen LogP contribution in [0, 0.1) is 5.41 Å². The summed E-state index contributed by atoms with van der Waals surface area (Å²) in [6.45, 7) is 6.86. The van der Waals surface area contributed by atoms with Crippen molar-refractivity contribution in [3.63, 3.8) is 0 Å². The van der Waals surface area contributed by atoms with E-state index in [2.05, 4.69) is 30.3 Å². The summed E-state index contributed by atoms with van der Waals surface area (Å²) >= 11 is 0. The van der Waals surface area contributed by atoms with Crippen LogP contribution in [0.3, 0.4) is 0 Å². The fourth-order valence-corrected chi connectivity index (χ4v) is 3.30. The van der Waals surface area contributed by atoms with Crippen molar-refractivity contribution >= 4 is 0 Å². The zero-order valence-corrected chi connectivity index (χ0v) is 11.7. The van der Waals surface area contributed by atoms with Crippen LogP contribution >= 0.6 is 0 Å². The molecule has 0 radical (unpaired) electrons. The molecule has 18 heavy (non-hydrogen) atoms. The van der Waals surface area contributed by atoms with Gasteiger partial charge in [0, 0.05) is 18.7 Å². The predicted molar refractivity (Wildman–Crippen MR) is 74.5 cm³/mol. The lowest BCUT2D eigenvalue weighted by Gasteiger charge is -2.40. The zero-order valence-electron chi connectivity index (χ0n) is 11.7. The predicted octanol–water partition coefficient (Wildman–Crippen LogP) is 2.88. The topological polar surface area (TPSA) is 28.4 Å². The lowest BCUT2D eigenvalue weighted by atomic mass is 9.75. The van der Waals surface area contributed by atoms with E-state index in [1.54, 1.807) is 6.26 Å². The number of nitrogens with zero attached hydrogens (tertiary/aromatic N) is 1. The van der Waals surface area contributed by atoms with Gasteiger partial charge in [-0.3, -0.25) is 0 Å². The van der Waals surface area contributed by atoms with Gasteiger partial charge in [0.1, 0.15) is 0 Å². The first-order valence-corrected chi connectivity index (χ1v) is 7.14. The first kappa shape index (κ1) is 13.6. The van der Waals surface area contributed by atoms with Gasteiger partial charge >= 0.3 is 0 Å². The molecule has 1 fully saturated rings. The number of piperidine rings is 1. The van der Waals surface area contributed by atoms with Gasteiger partial charge in [-0.1, -0.05) is 13.3 Å². The highest BCUT2D eigenvalue weighted by Crippen LogP contribution is 2.34. The van der Waals surface area contributed by atoms with Crippen LogP contribution < -0.4 is 5.32 Å². The van der Waals surface area contributed by atoms with E-state index in [1.807, 2.05) is 6.26 Å². The van der Waals surface area contributed by atoms with Crippen LogP contribution in [-0.2, 0) is 6.54 Å². The summed E-state index contributed by atoms with van der Waals surface area (Å²) in [6.07, 6.45) is 8.89. The molecule has 1 saturated heterocycles. The molecule has 3 nitrogen and oxygen atoms in total. The molecular weight excluding hydrogens is 224 g/mol. The molecule has 1 aliphatic heterocycles. The number of hydrogen-bond acceptors (Lipinski definition) is 3. The third-order valence-corrected chi connectivity index (χ3v) is 4.08. The number of rotatable bonds is 6. The zero-order chi connectivity index (χ0) is 12.8. The van der Waals surface area contributed by atoms with E-state index in [1.165, 1.54) is 50.9 Å². The molecular formula is C15H26N2O. The Hall–Kier alpha value is -0.800. The smallest absolute Gasteiger partial charge is 0.0947 e. The molecule has 0 spiro atoms. The van der Waals surface area contributed by atoms with Gasteiger partial charge in [0.2, 0.25) is 0 Å². The summed E-state index contributed by atoms with van der Waals surface area (Å²) in [5.41, 5.74) is 1.80. The third-order valence-electron chi connectivity index (χ3n) is 4.08. The quantitative estimate of drug-likeness (QED) is 0.841. The summed E-state index contributed by atoms with van der Waals surface area (Å²) in [5, 5.41) is 3.48. The number of nitrogens with one attached hydrogen (secondary N) is 1.